The fourth-order valence-corrected chi connectivity index (χ4v) is 4.83. The van der Waals surface area contributed by atoms with E-state index in [9.17, 15) is 9.59 Å². The first-order valence-corrected chi connectivity index (χ1v) is 9.62. The molecule has 0 radical (unpaired) electrons. The van der Waals surface area contributed by atoms with Gasteiger partial charge < -0.3 is 19.9 Å². The van der Waals surface area contributed by atoms with E-state index < -0.39 is 17.2 Å². The first-order chi connectivity index (χ1) is 12.3. The van der Waals surface area contributed by atoms with Crippen molar-refractivity contribution in [3.63, 3.8) is 0 Å². The third-order valence-corrected chi connectivity index (χ3v) is 5.90. The van der Waals surface area contributed by atoms with Crippen molar-refractivity contribution in [3.05, 3.63) is 17.7 Å². The highest BCUT2D eigenvalue weighted by Gasteiger charge is 2.54. The summed E-state index contributed by atoms with van der Waals surface area (Å²) in [5.41, 5.74) is -0.294. The largest absolute Gasteiger partial charge is 0.444 e. The fourth-order valence-electron chi connectivity index (χ4n) is 4.83. The molecule has 4 rings (SSSR count). The Morgan fingerprint density at radius 3 is 2.92 bits per heavy atom. The number of rotatable bonds is 3. The summed E-state index contributed by atoms with van der Waals surface area (Å²) in [6, 6.07) is -0.0613. The van der Waals surface area contributed by atoms with Gasteiger partial charge >= 0.3 is 6.09 Å². The Balaban J connectivity index is 1.47. The standard InChI is InChI=1S/C19H28N4O3/c1-18(2,3)26-17(25)22-19-7-6-12(10-19)9-14(19)21-16(24)13-11-20-15-5-4-8-23(13)15/h11-12,14H,4-10H2,1-3H3,(H,21,24)(H,22,25). The van der Waals surface area contributed by atoms with E-state index in [4.69, 9.17) is 4.74 Å². The van der Waals surface area contributed by atoms with Crippen LogP contribution >= 0.6 is 0 Å². The van der Waals surface area contributed by atoms with Gasteiger partial charge in [-0.25, -0.2) is 9.78 Å². The lowest BCUT2D eigenvalue weighted by molar-refractivity contribution is 0.0432. The number of hydrogen-bond donors (Lipinski definition) is 2. The van der Waals surface area contributed by atoms with Crippen LogP contribution in [-0.2, 0) is 17.7 Å². The second kappa shape index (κ2) is 5.99. The van der Waals surface area contributed by atoms with E-state index in [0.717, 1.165) is 50.9 Å². The van der Waals surface area contributed by atoms with Gasteiger partial charge in [-0.15, -0.1) is 0 Å². The summed E-state index contributed by atoms with van der Waals surface area (Å²) in [4.78, 5) is 29.5. The van der Waals surface area contributed by atoms with Crippen LogP contribution in [0.3, 0.4) is 0 Å². The van der Waals surface area contributed by atoms with Crippen LogP contribution in [0, 0.1) is 5.92 Å². The molecule has 0 spiro atoms. The maximum atomic E-state index is 12.8. The average Bonchev–Trinajstić information content (AvgIpc) is 3.22. The van der Waals surface area contributed by atoms with E-state index in [-0.39, 0.29) is 11.9 Å². The maximum Gasteiger partial charge on any atom is 0.408 e. The van der Waals surface area contributed by atoms with Crippen LogP contribution in [0.1, 0.15) is 69.2 Å². The van der Waals surface area contributed by atoms with Crippen LogP contribution in [-0.4, -0.2) is 38.7 Å². The Morgan fingerprint density at radius 1 is 1.38 bits per heavy atom. The van der Waals surface area contributed by atoms with Crippen LogP contribution in [0.5, 0.6) is 0 Å². The van der Waals surface area contributed by atoms with E-state index in [0.29, 0.717) is 11.6 Å². The quantitative estimate of drug-likeness (QED) is 0.867. The molecule has 1 aliphatic heterocycles. The van der Waals surface area contributed by atoms with E-state index in [2.05, 4.69) is 15.6 Å². The van der Waals surface area contributed by atoms with Crippen molar-refractivity contribution in [1.29, 1.82) is 0 Å². The number of alkyl carbamates (subject to hydrolysis) is 1. The van der Waals surface area contributed by atoms with Gasteiger partial charge in [0, 0.05) is 13.0 Å². The molecule has 1 aromatic rings. The van der Waals surface area contributed by atoms with Crippen LogP contribution in [0.4, 0.5) is 4.79 Å². The van der Waals surface area contributed by atoms with Gasteiger partial charge in [-0.05, 0) is 58.8 Å². The average molecular weight is 360 g/mol. The lowest BCUT2D eigenvalue weighted by Crippen LogP contribution is -2.59. The maximum absolute atomic E-state index is 12.8. The molecule has 0 saturated heterocycles. The Morgan fingerprint density at radius 2 is 2.19 bits per heavy atom. The Hall–Kier alpha value is -2.05. The number of hydrogen-bond acceptors (Lipinski definition) is 4. The first kappa shape index (κ1) is 17.4. The van der Waals surface area contributed by atoms with Crippen molar-refractivity contribution in [3.8, 4) is 0 Å². The van der Waals surface area contributed by atoms with Crippen LogP contribution in [0.2, 0.25) is 0 Å². The van der Waals surface area contributed by atoms with Crippen molar-refractivity contribution in [2.24, 2.45) is 5.92 Å². The highest BCUT2D eigenvalue weighted by molar-refractivity contribution is 5.93. The van der Waals surface area contributed by atoms with Crippen molar-refractivity contribution in [2.45, 2.75) is 83.0 Å². The van der Waals surface area contributed by atoms with Crippen molar-refractivity contribution in [1.82, 2.24) is 20.2 Å². The number of imidazole rings is 1. The summed E-state index contributed by atoms with van der Waals surface area (Å²) in [7, 11) is 0. The second-order valence-corrected chi connectivity index (χ2v) is 8.97. The highest BCUT2D eigenvalue weighted by Crippen LogP contribution is 2.48. The third-order valence-electron chi connectivity index (χ3n) is 5.90. The number of aromatic nitrogens is 2. The van der Waals surface area contributed by atoms with Gasteiger partial charge in [-0.2, -0.15) is 0 Å². The van der Waals surface area contributed by atoms with Gasteiger partial charge in [-0.3, -0.25) is 4.79 Å². The number of aryl methyl sites for hydroxylation is 1. The van der Waals surface area contributed by atoms with Crippen molar-refractivity contribution < 1.29 is 14.3 Å². The third kappa shape index (κ3) is 3.08. The minimum Gasteiger partial charge on any atom is -0.444 e. The first-order valence-electron chi connectivity index (χ1n) is 9.62. The van der Waals surface area contributed by atoms with Crippen molar-refractivity contribution >= 4 is 12.0 Å². The summed E-state index contributed by atoms with van der Waals surface area (Å²) in [6.45, 7) is 6.42. The number of nitrogens with one attached hydrogen (secondary N) is 2. The van der Waals surface area contributed by atoms with Crippen molar-refractivity contribution in [2.75, 3.05) is 0 Å². The van der Waals surface area contributed by atoms with E-state index in [1.165, 1.54) is 0 Å². The zero-order chi connectivity index (χ0) is 18.5. The second-order valence-electron chi connectivity index (χ2n) is 8.97. The zero-order valence-electron chi connectivity index (χ0n) is 15.8. The van der Waals surface area contributed by atoms with Gasteiger partial charge in [-0.1, -0.05) is 0 Å². The summed E-state index contributed by atoms with van der Waals surface area (Å²) >= 11 is 0. The molecule has 26 heavy (non-hydrogen) atoms. The Bertz CT molecular complexity index is 736. The van der Waals surface area contributed by atoms with Gasteiger partial charge in [0.1, 0.15) is 17.1 Å². The number of ether oxygens (including phenoxy) is 1. The molecular formula is C19H28N4O3. The Labute approximate surface area is 153 Å². The van der Waals surface area contributed by atoms with Gasteiger partial charge in [0.05, 0.1) is 17.8 Å². The van der Waals surface area contributed by atoms with E-state index in [1.54, 1.807) is 6.20 Å². The highest BCUT2D eigenvalue weighted by atomic mass is 16.6. The molecule has 2 aliphatic carbocycles. The number of fused-ring (bicyclic) bond motifs is 3. The molecular weight excluding hydrogens is 332 g/mol. The molecule has 1 aromatic heterocycles. The van der Waals surface area contributed by atoms with Gasteiger partial charge in [0.25, 0.3) is 5.91 Å². The number of carbonyl (C=O) groups excluding carboxylic acids is 2. The number of amides is 2. The lowest BCUT2D eigenvalue weighted by atomic mass is 9.88. The Kier molecular flexibility index (Phi) is 4.00. The predicted molar refractivity (Wildman–Crippen MR) is 95.9 cm³/mol. The minimum absolute atomic E-state index is 0.0613. The monoisotopic (exact) mass is 360 g/mol. The molecule has 2 saturated carbocycles. The molecule has 2 amide bonds. The van der Waals surface area contributed by atoms with Gasteiger partial charge in [0.15, 0.2) is 0 Å². The minimum atomic E-state index is -0.534. The predicted octanol–water partition coefficient (Wildman–Crippen LogP) is 2.40. The molecule has 142 valence electrons. The number of nitrogens with zero attached hydrogens (tertiary/aromatic N) is 2. The molecule has 3 aliphatic rings. The molecule has 2 heterocycles. The molecule has 2 N–H and O–H groups in total. The summed E-state index contributed by atoms with van der Waals surface area (Å²) < 4.78 is 7.46. The van der Waals surface area contributed by atoms with Gasteiger partial charge in [0.2, 0.25) is 0 Å². The molecule has 7 nitrogen and oxygen atoms in total. The molecule has 3 unspecified atom stereocenters. The lowest BCUT2D eigenvalue weighted by Gasteiger charge is -2.37. The SMILES string of the molecule is CC(C)(C)OC(=O)NC12CCC(CC1NC(=O)c1cnc3n1CCC3)C2. The molecule has 7 heteroatoms. The van der Waals surface area contributed by atoms with E-state index >= 15 is 0 Å². The molecule has 2 fully saturated rings. The smallest absolute Gasteiger partial charge is 0.408 e. The van der Waals surface area contributed by atoms with Crippen LogP contribution in [0.15, 0.2) is 6.20 Å². The van der Waals surface area contributed by atoms with E-state index in [1.807, 2.05) is 25.3 Å². The van der Waals surface area contributed by atoms with Crippen LogP contribution < -0.4 is 10.6 Å². The number of carbonyl (C=O) groups is 2. The molecule has 2 bridgehead atoms. The topological polar surface area (TPSA) is 85.2 Å². The van der Waals surface area contributed by atoms with Crippen LogP contribution in [0.25, 0.3) is 0 Å². The summed E-state index contributed by atoms with van der Waals surface area (Å²) in [5.74, 6) is 1.45. The fraction of sp³-hybridized carbons (Fsp3) is 0.737. The molecule has 3 atom stereocenters. The zero-order valence-corrected chi connectivity index (χ0v) is 15.8. The normalized spacial score (nSPS) is 29.5. The molecule has 0 aromatic carbocycles. The summed E-state index contributed by atoms with van der Waals surface area (Å²) in [5, 5.41) is 6.28. The summed E-state index contributed by atoms with van der Waals surface area (Å²) in [6.07, 6.45) is 7.03.